The average molecular weight is 317 g/mol. The molecule has 1 N–H and O–H groups in total. The summed E-state index contributed by atoms with van der Waals surface area (Å²) in [7, 11) is 0. The second kappa shape index (κ2) is 4.62. The van der Waals surface area contributed by atoms with E-state index in [2.05, 4.69) is 25.9 Å². The van der Waals surface area contributed by atoms with Gasteiger partial charge in [0, 0.05) is 6.20 Å². The molecule has 0 unspecified atom stereocenters. The molecule has 0 saturated heterocycles. The third-order valence-electron chi connectivity index (χ3n) is 2.30. The van der Waals surface area contributed by atoms with Crippen molar-refractivity contribution in [2.75, 3.05) is 0 Å². The lowest BCUT2D eigenvalue weighted by Crippen LogP contribution is -1.98. The van der Waals surface area contributed by atoms with Crippen LogP contribution in [0.4, 0.5) is 8.78 Å². The normalized spacial score (nSPS) is 10.6. The zero-order valence-electron chi connectivity index (χ0n) is 8.72. The molecular weight excluding hydrogens is 310 g/mol. The predicted octanol–water partition coefficient (Wildman–Crippen LogP) is 4.16. The summed E-state index contributed by atoms with van der Waals surface area (Å²) in [5, 5.41) is 0. The number of nitrogens with one attached hydrogen (secondary N) is 1. The second-order valence-corrected chi connectivity index (χ2v) is 4.71. The van der Waals surface area contributed by atoms with E-state index in [1.54, 1.807) is 6.92 Å². The van der Waals surface area contributed by atoms with Crippen molar-refractivity contribution in [2.24, 2.45) is 0 Å². The Hall–Kier alpha value is -1.14. The van der Waals surface area contributed by atoms with Crippen LogP contribution in [0, 0.1) is 23.3 Å². The van der Waals surface area contributed by atoms with Crippen molar-refractivity contribution < 1.29 is 8.78 Å². The van der Waals surface area contributed by atoms with Crippen LogP contribution in [0.2, 0.25) is 0 Å². The molecule has 0 fully saturated rings. The molecular formula is C11H7BrF2N2S. The molecule has 0 spiro atoms. The molecule has 1 heterocycles. The van der Waals surface area contributed by atoms with Crippen LogP contribution in [-0.2, 0) is 0 Å². The molecule has 0 radical (unpaired) electrons. The summed E-state index contributed by atoms with van der Waals surface area (Å²) >= 11 is 7.88. The number of H-pyrrole nitrogens is 1. The van der Waals surface area contributed by atoms with E-state index in [-0.39, 0.29) is 14.8 Å². The molecule has 0 amide bonds. The van der Waals surface area contributed by atoms with Crippen LogP contribution in [-0.4, -0.2) is 9.97 Å². The lowest BCUT2D eigenvalue weighted by atomic mass is 10.1. The Bertz CT molecular complexity index is 640. The summed E-state index contributed by atoms with van der Waals surface area (Å²) in [6.07, 6.45) is 1.48. The molecule has 2 nitrogen and oxygen atoms in total. The summed E-state index contributed by atoms with van der Waals surface area (Å²) in [5.41, 5.74) is 0.793. The Balaban J connectivity index is 2.81. The molecule has 0 atom stereocenters. The highest BCUT2D eigenvalue weighted by Crippen LogP contribution is 2.30. The first-order valence-corrected chi connectivity index (χ1v) is 5.90. The predicted molar refractivity (Wildman–Crippen MR) is 67.2 cm³/mol. The first kappa shape index (κ1) is 12.3. The van der Waals surface area contributed by atoms with Crippen LogP contribution in [0.5, 0.6) is 0 Å². The van der Waals surface area contributed by atoms with E-state index in [4.69, 9.17) is 12.2 Å². The number of hydrogen-bond acceptors (Lipinski definition) is 2. The van der Waals surface area contributed by atoms with Gasteiger partial charge in [0.05, 0.1) is 15.7 Å². The minimum Gasteiger partial charge on any atom is -0.330 e. The van der Waals surface area contributed by atoms with Crippen molar-refractivity contribution in [3.8, 4) is 11.3 Å². The second-order valence-electron chi connectivity index (χ2n) is 3.46. The molecule has 1 aromatic heterocycles. The molecule has 6 heteroatoms. The van der Waals surface area contributed by atoms with Crippen LogP contribution in [0.3, 0.4) is 0 Å². The first-order chi connectivity index (χ1) is 8.00. The monoisotopic (exact) mass is 316 g/mol. The van der Waals surface area contributed by atoms with Gasteiger partial charge in [-0.15, -0.1) is 0 Å². The fourth-order valence-corrected chi connectivity index (χ4v) is 1.96. The zero-order chi connectivity index (χ0) is 12.6. The third kappa shape index (κ3) is 2.28. The van der Waals surface area contributed by atoms with E-state index in [0.29, 0.717) is 11.3 Å². The van der Waals surface area contributed by atoms with Gasteiger partial charge in [-0.2, -0.15) is 0 Å². The van der Waals surface area contributed by atoms with Gasteiger partial charge in [-0.05, 0) is 52.8 Å². The van der Waals surface area contributed by atoms with Gasteiger partial charge in [-0.1, -0.05) is 0 Å². The topological polar surface area (TPSA) is 28.7 Å². The minimum absolute atomic E-state index is 0.134. The van der Waals surface area contributed by atoms with Gasteiger partial charge in [-0.3, -0.25) is 0 Å². The van der Waals surface area contributed by atoms with Crippen molar-refractivity contribution in [2.45, 2.75) is 6.92 Å². The van der Waals surface area contributed by atoms with Gasteiger partial charge in [0.1, 0.15) is 11.6 Å². The highest BCUT2D eigenvalue weighted by atomic mass is 79.9. The van der Waals surface area contributed by atoms with Crippen molar-refractivity contribution in [3.05, 3.63) is 44.8 Å². The van der Waals surface area contributed by atoms with Gasteiger partial charge < -0.3 is 4.98 Å². The Morgan fingerprint density at radius 3 is 2.76 bits per heavy atom. The summed E-state index contributed by atoms with van der Waals surface area (Å²) in [5.74, 6) is -1.31. The largest absolute Gasteiger partial charge is 0.330 e. The molecule has 1 aromatic carbocycles. The molecule has 17 heavy (non-hydrogen) atoms. The van der Waals surface area contributed by atoms with E-state index in [0.717, 1.165) is 0 Å². The lowest BCUT2D eigenvalue weighted by Gasteiger charge is -2.09. The molecule has 88 valence electrons. The standard InChI is InChI=1S/C11H7BrF2N2S/c1-5-4-15-11(17)16-10(5)8-7(13)3-2-6(12)9(8)14/h2-4H,1H3,(H,15,16,17). The number of aromatic amines is 1. The van der Waals surface area contributed by atoms with Gasteiger partial charge in [0.2, 0.25) is 0 Å². The number of aromatic nitrogens is 2. The molecule has 0 bridgehead atoms. The van der Waals surface area contributed by atoms with Crippen molar-refractivity contribution in [3.63, 3.8) is 0 Å². The quantitative estimate of drug-likeness (QED) is 0.632. The minimum atomic E-state index is -0.662. The molecule has 0 aliphatic carbocycles. The average Bonchev–Trinajstić information content (AvgIpc) is 2.29. The first-order valence-electron chi connectivity index (χ1n) is 4.70. The van der Waals surface area contributed by atoms with Gasteiger partial charge in [0.15, 0.2) is 4.77 Å². The molecule has 0 aliphatic rings. The number of nitrogens with zero attached hydrogens (tertiary/aromatic N) is 1. The van der Waals surface area contributed by atoms with Crippen LogP contribution in [0.15, 0.2) is 22.8 Å². The zero-order valence-corrected chi connectivity index (χ0v) is 11.1. The van der Waals surface area contributed by atoms with Crippen molar-refractivity contribution >= 4 is 28.1 Å². The molecule has 0 saturated carbocycles. The number of halogens is 3. The maximum Gasteiger partial charge on any atom is 0.197 e. The smallest absolute Gasteiger partial charge is 0.197 e. The highest BCUT2D eigenvalue weighted by molar-refractivity contribution is 9.10. The van der Waals surface area contributed by atoms with E-state index >= 15 is 0 Å². The van der Waals surface area contributed by atoms with Crippen LogP contribution >= 0.6 is 28.1 Å². The van der Waals surface area contributed by atoms with E-state index in [9.17, 15) is 8.78 Å². The summed E-state index contributed by atoms with van der Waals surface area (Å²) < 4.78 is 28.0. The summed E-state index contributed by atoms with van der Waals surface area (Å²) in [6.45, 7) is 1.70. The van der Waals surface area contributed by atoms with Crippen LogP contribution in [0.1, 0.15) is 5.56 Å². The number of aryl methyl sites for hydroxylation is 1. The van der Waals surface area contributed by atoms with Gasteiger partial charge in [-0.25, -0.2) is 13.8 Å². The molecule has 0 aliphatic heterocycles. The SMILES string of the molecule is Cc1cnc(=S)[nH]c1-c1c(F)ccc(Br)c1F. The van der Waals surface area contributed by atoms with Crippen molar-refractivity contribution in [1.29, 1.82) is 0 Å². The van der Waals surface area contributed by atoms with Crippen LogP contribution < -0.4 is 0 Å². The Kier molecular flexibility index (Phi) is 3.35. The Morgan fingerprint density at radius 2 is 2.06 bits per heavy atom. The van der Waals surface area contributed by atoms with E-state index in [1.165, 1.54) is 18.3 Å². The van der Waals surface area contributed by atoms with Gasteiger partial charge >= 0.3 is 0 Å². The number of benzene rings is 1. The summed E-state index contributed by atoms with van der Waals surface area (Å²) in [4.78, 5) is 6.55. The van der Waals surface area contributed by atoms with E-state index in [1.807, 2.05) is 0 Å². The van der Waals surface area contributed by atoms with Crippen molar-refractivity contribution in [1.82, 2.24) is 9.97 Å². The van der Waals surface area contributed by atoms with Gasteiger partial charge in [0.25, 0.3) is 0 Å². The summed E-state index contributed by atoms with van der Waals surface area (Å²) in [6, 6.07) is 2.51. The maximum absolute atomic E-state index is 13.9. The number of rotatable bonds is 1. The van der Waals surface area contributed by atoms with Crippen LogP contribution in [0.25, 0.3) is 11.3 Å². The highest BCUT2D eigenvalue weighted by Gasteiger charge is 2.16. The fraction of sp³-hybridized carbons (Fsp3) is 0.0909. The fourth-order valence-electron chi connectivity index (χ4n) is 1.47. The third-order valence-corrected chi connectivity index (χ3v) is 3.12. The Labute approximate surface area is 110 Å². The Morgan fingerprint density at radius 1 is 1.35 bits per heavy atom. The maximum atomic E-state index is 13.9. The molecule has 2 rings (SSSR count). The number of hydrogen-bond donors (Lipinski definition) is 1. The van der Waals surface area contributed by atoms with E-state index < -0.39 is 11.6 Å². The molecule has 2 aromatic rings. The lowest BCUT2D eigenvalue weighted by molar-refractivity contribution is 0.584.